The summed E-state index contributed by atoms with van der Waals surface area (Å²) >= 11 is 8.21. The van der Waals surface area contributed by atoms with E-state index < -0.39 is 11.7 Å². The van der Waals surface area contributed by atoms with Gasteiger partial charge in [0.2, 0.25) is 0 Å². The molecule has 1 aromatic rings. The number of hydrogen-bond acceptors (Lipinski definition) is 2. The summed E-state index contributed by atoms with van der Waals surface area (Å²) in [4.78, 5) is 14.5. The van der Waals surface area contributed by atoms with Crippen LogP contribution in [0, 0.1) is 0 Å². The zero-order chi connectivity index (χ0) is 10.7. The molecule has 0 amide bonds. The maximum Gasteiger partial charge on any atom is 0.270 e. The number of rotatable bonds is 3. The molecule has 0 unspecified atom stereocenters. The lowest BCUT2D eigenvalue weighted by Gasteiger charge is -2.03. The minimum absolute atomic E-state index is 0.154. The van der Waals surface area contributed by atoms with Crippen molar-refractivity contribution in [3.8, 4) is 0 Å². The second-order valence-corrected chi connectivity index (χ2v) is 3.39. The number of halogens is 4. The summed E-state index contributed by atoms with van der Waals surface area (Å²) in [5.41, 5.74) is -0.0517. The highest BCUT2D eigenvalue weighted by molar-refractivity contribution is 9.08. The summed E-state index contributed by atoms with van der Waals surface area (Å²) in [6.07, 6.45) is -2.63. The van der Waals surface area contributed by atoms with E-state index in [1.807, 2.05) is 0 Å². The molecule has 0 bridgehead atoms. The van der Waals surface area contributed by atoms with Gasteiger partial charge < -0.3 is 0 Å². The van der Waals surface area contributed by atoms with Gasteiger partial charge in [0, 0.05) is 10.9 Å². The molecule has 0 aliphatic carbocycles. The standard InChI is InChI=1S/C8H5BrClF2NO/c9-3-5-1-4(8(11)12)2-6(13-5)7(10)14/h1-2,8H,3H2. The first-order chi connectivity index (χ1) is 6.54. The first kappa shape index (κ1) is 11.5. The molecule has 1 rings (SSSR count). The van der Waals surface area contributed by atoms with Crippen LogP contribution in [0.4, 0.5) is 8.78 Å². The highest BCUT2D eigenvalue weighted by atomic mass is 79.9. The third kappa shape index (κ3) is 2.72. The molecule has 0 radical (unpaired) electrons. The number of alkyl halides is 3. The minimum atomic E-state index is -2.63. The first-order valence-corrected chi connectivity index (χ1v) is 5.09. The van der Waals surface area contributed by atoms with Gasteiger partial charge in [-0.15, -0.1) is 0 Å². The van der Waals surface area contributed by atoms with Gasteiger partial charge >= 0.3 is 0 Å². The first-order valence-electron chi connectivity index (χ1n) is 3.59. The predicted molar refractivity (Wildman–Crippen MR) is 52.0 cm³/mol. The fraction of sp³-hybridized carbons (Fsp3) is 0.250. The quantitative estimate of drug-likeness (QED) is 0.630. The highest BCUT2D eigenvalue weighted by Crippen LogP contribution is 2.21. The Labute approximate surface area is 92.4 Å². The Morgan fingerprint density at radius 1 is 1.57 bits per heavy atom. The fourth-order valence-corrected chi connectivity index (χ4v) is 1.29. The Morgan fingerprint density at radius 3 is 2.64 bits per heavy atom. The van der Waals surface area contributed by atoms with E-state index in [1.54, 1.807) is 0 Å². The average Bonchev–Trinajstić information content (AvgIpc) is 2.16. The Morgan fingerprint density at radius 2 is 2.21 bits per heavy atom. The third-order valence-electron chi connectivity index (χ3n) is 1.49. The molecule has 0 aliphatic rings. The van der Waals surface area contributed by atoms with Crippen LogP contribution in [-0.2, 0) is 5.33 Å². The number of aromatic nitrogens is 1. The normalized spacial score (nSPS) is 10.6. The second kappa shape index (κ2) is 4.79. The van der Waals surface area contributed by atoms with Crippen LogP contribution in [0.1, 0.15) is 28.2 Å². The van der Waals surface area contributed by atoms with Crippen molar-refractivity contribution in [3.63, 3.8) is 0 Å². The van der Waals surface area contributed by atoms with Gasteiger partial charge in [0.25, 0.3) is 11.7 Å². The molecule has 0 aromatic carbocycles. The van der Waals surface area contributed by atoms with Gasteiger partial charge in [0.1, 0.15) is 5.69 Å². The van der Waals surface area contributed by atoms with E-state index in [-0.39, 0.29) is 11.3 Å². The molecule has 0 saturated heterocycles. The summed E-state index contributed by atoms with van der Waals surface area (Å²) in [6.45, 7) is 0. The summed E-state index contributed by atoms with van der Waals surface area (Å²) in [5, 5.41) is -0.542. The maximum atomic E-state index is 12.3. The smallest absolute Gasteiger partial charge is 0.270 e. The molecule has 6 heteroatoms. The summed E-state index contributed by atoms with van der Waals surface area (Å²) < 4.78 is 24.7. The lowest BCUT2D eigenvalue weighted by Crippen LogP contribution is -2.00. The van der Waals surface area contributed by atoms with E-state index in [4.69, 9.17) is 11.6 Å². The van der Waals surface area contributed by atoms with Crippen molar-refractivity contribution in [1.82, 2.24) is 4.98 Å². The summed E-state index contributed by atoms with van der Waals surface area (Å²) in [5.74, 6) is 0. The molecule has 2 nitrogen and oxygen atoms in total. The van der Waals surface area contributed by atoms with Crippen LogP contribution >= 0.6 is 27.5 Å². The van der Waals surface area contributed by atoms with Crippen LogP contribution in [0.2, 0.25) is 0 Å². The van der Waals surface area contributed by atoms with Gasteiger partial charge in [-0.2, -0.15) is 0 Å². The second-order valence-electron chi connectivity index (χ2n) is 2.49. The minimum Gasteiger partial charge on any atom is -0.274 e. The van der Waals surface area contributed by atoms with Gasteiger partial charge in [0.15, 0.2) is 0 Å². The van der Waals surface area contributed by atoms with Gasteiger partial charge in [-0.3, -0.25) is 4.79 Å². The number of nitrogens with zero attached hydrogens (tertiary/aromatic N) is 1. The Hall–Kier alpha value is -0.550. The molecular weight excluding hydrogens is 279 g/mol. The lowest BCUT2D eigenvalue weighted by molar-refractivity contribution is 0.107. The predicted octanol–water partition coefficient (Wildman–Crippen LogP) is 3.29. The van der Waals surface area contributed by atoms with Crippen LogP contribution in [0.3, 0.4) is 0 Å². The largest absolute Gasteiger partial charge is 0.274 e. The monoisotopic (exact) mass is 283 g/mol. The number of carbonyl (C=O) groups excluding carboxylic acids is 1. The molecule has 0 atom stereocenters. The third-order valence-corrected chi connectivity index (χ3v) is 2.26. The van der Waals surface area contributed by atoms with Crippen LogP contribution < -0.4 is 0 Å². The Balaban J connectivity index is 3.20. The maximum absolute atomic E-state index is 12.3. The van der Waals surface area contributed by atoms with Crippen LogP contribution in [0.5, 0.6) is 0 Å². The van der Waals surface area contributed by atoms with E-state index in [9.17, 15) is 13.6 Å². The molecule has 0 N–H and O–H groups in total. The average molecular weight is 284 g/mol. The van der Waals surface area contributed by atoms with Gasteiger partial charge in [0.05, 0.1) is 5.69 Å². The molecular formula is C8H5BrClF2NO. The fourth-order valence-electron chi connectivity index (χ4n) is 0.906. The van der Waals surface area contributed by atoms with Gasteiger partial charge in [-0.05, 0) is 23.7 Å². The lowest BCUT2D eigenvalue weighted by atomic mass is 10.2. The van der Waals surface area contributed by atoms with E-state index >= 15 is 0 Å². The molecule has 0 spiro atoms. The van der Waals surface area contributed by atoms with Crippen molar-refractivity contribution in [3.05, 3.63) is 29.1 Å². The molecule has 1 aromatic heterocycles. The van der Waals surface area contributed by atoms with Crippen LogP contribution in [0.15, 0.2) is 12.1 Å². The molecule has 76 valence electrons. The van der Waals surface area contributed by atoms with Gasteiger partial charge in [-0.25, -0.2) is 13.8 Å². The SMILES string of the molecule is O=C(Cl)c1cc(C(F)F)cc(CBr)n1. The molecule has 1 heterocycles. The summed E-state index contributed by atoms with van der Waals surface area (Å²) in [7, 11) is 0. The Kier molecular flexibility index (Phi) is 3.95. The summed E-state index contributed by atoms with van der Waals surface area (Å²) in [6, 6.07) is 2.22. The molecule has 0 aliphatic heterocycles. The van der Waals surface area contributed by atoms with Crippen LogP contribution in [-0.4, -0.2) is 10.2 Å². The van der Waals surface area contributed by atoms with Crippen molar-refractivity contribution in [1.29, 1.82) is 0 Å². The van der Waals surface area contributed by atoms with E-state index in [2.05, 4.69) is 20.9 Å². The van der Waals surface area contributed by atoms with E-state index in [1.165, 1.54) is 6.07 Å². The highest BCUT2D eigenvalue weighted by Gasteiger charge is 2.13. The van der Waals surface area contributed by atoms with E-state index in [0.717, 1.165) is 6.07 Å². The number of carbonyl (C=O) groups is 1. The molecule has 0 fully saturated rings. The molecule has 14 heavy (non-hydrogen) atoms. The topological polar surface area (TPSA) is 30.0 Å². The van der Waals surface area contributed by atoms with Crippen molar-refractivity contribution in [2.24, 2.45) is 0 Å². The zero-order valence-corrected chi connectivity index (χ0v) is 9.15. The Bertz CT molecular complexity index is 359. The van der Waals surface area contributed by atoms with Gasteiger partial charge in [-0.1, -0.05) is 15.9 Å². The number of pyridine rings is 1. The van der Waals surface area contributed by atoms with Crippen molar-refractivity contribution < 1.29 is 13.6 Å². The number of hydrogen-bond donors (Lipinski definition) is 0. The van der Waals surface area contributed by atoms with Crippen molar-refractivity contribution in [2.75, 3.05) is 0 Å². The van der Waals surface area contributed by atoms with Crippen molar-refractivity contribution >= 4 is 32.8 Å². The molecule has 0 saturated carbocycles. The van der Waals surface area contributed by atoms with E-state index in [0.29, 0.717) is 11.0 Å². The zero-order valence-electron chi connectivity index (χ0n) is 6.81. The van der Waals surface area contributed by atoms with Crippen LogP contribution in [0.25, 0.3) is 0 Å². The van der Waals surface area contributed by atoms with Crippen molar-refractivity contribution in [2.45, 2.75) is 11.8 Å².